The maximum absolute atomic E-state index is 2.43. The zero-order chi connectivity index (χ0) is 16.3. The summed E-state index contributed by atoms with van der Waals surface area (Å²) < 4.78 is 2.43. The largest absolute Gasteiger partial charge is 0.340 e. The first kappa shape index (κ1) is 16.4. The van der Waals surface area contributed by atoms with Gasteiger partial charge in [-0.2, -0.15) is 0 Å². The molecule has 22 heavy (non-hydrogen) atoms. The molecule has 0 fully saturated rings. The molecule has 0 amide bonds. The Bertz CT molecular complexity index is 778. The fraction of sp³-hybridized carbons (Fsp3) is 0.333. The minimum absolute atomic E-state index is 0.946. The minimum atomic E-state index is 0.946. The highest BCUT2D eigenvalue weighted by atomic mass is 15.0. The summed E-state index contributed by atoms with van der Waals surface area (Å²) in [5.74, 6) is 0. The Morgan fingerprint density at radius 3 is 2.18 bits per heavy atom. The van der Waals surface area contributed by atoms with Gasteiger partial charge in [0.1, 0.15) is 0 Å². The van der Waals surface area contributed by atoms with Gasteiger partial charge in [0, 0.05) is 23.1 Å². The second kappa shape index (κ2) is 6.83. The molecule has 1 nitrogen and oxygen atoms in total. The van der Waals surface area contributed by atoms with Crippen molar-refractivity contribution in [3.8, 4) is 0 Å². The van der Waals surface area contributed by atoms with E-state index in [0.717, 1.165) is 6.54 Å². The van der Waals surface area contributed by atoms with Crippen LogP contribution in [0.5, 0.6) is 0 Å². The van der Waals surface area contributed by atoms with Gasteiger partial charge >= 0.3 is 0 Å². The van der Waals surface area contributed by atoms with E-state index in [2.05, 4.69) is 74.7 Å². The predicted molar refractivity (Wildman–Crippen MR) is 97.8 cm³/mol. The van der Waals surface area contributed by atoms with Crippen LogP contribution in [-0.4, -0.2) is 4.57 Å². The first-order chi connectivity index (χ1) is 10.6. The number of para-hydroxylation sites is 1. The van der Waals surface area contributed by atoms with Crippen LogP contribution in [0.15, 0.2) is 42.5 Å². The molecule has 0 spiro atoms. The highest BCUT2D eigenvalue weighted by Gasteiger charge is 2.10. The van der Waals surface area contributed by atoms with Gasteiger partial charge in [0.2, 0.25) is 0 Å². The van der Waals surface area contributed by atoms with Crippen molar-refractivity contribution in [1.82, 2.24) is 4.57 Å². The third-order valence-electron chi connectivity index (χ3n) is 4.46. The molecule has 116 valence electrons. The maximum Gasteiger partial charge on any atom is 0.0488 e. The Morgan fingerprint density at radius 1 is 0.818 bits per heavy atom. The fourth-order valence-corrected chi connectivity index (χ4v) is 2.89. The smallest absolute Gasteiger partial charge is 0.0488 e. The third-order valence-corrected chi connectivity index (χ3v) is 4.46. The topological polar surface area (TPSA) is 4.93 Å². The number of hydrogen-bond acceptors (Lipinski definition) is 0. The highest BCUT2D eigenvalue weighted by molar-refractivity contribution is 5.85. The lowest BCUT2D eigenvalue weighted by molar-refractivity contribution is 0.799. The Labute approximate surface area is 134 Å². The molecule has 0 unspecified atom stereocenters. The van der Waals surface area contributed by atoms with Crippen molar-refractivity contribution >= 4 is 10.9 Å². The quantitative estimate of drug-likeness (QED) is 0.550. The lowest BCUT2D eigenvalue weighted by atomic mass is 10.1. The Kier molecular flexibility index (Phi) is 5.07. The Morgan fingerprint density at radius 2 is 1.50 bits per heavy atom. The van der Waals surface area contributed by atoms with Crippen LogP contribution in [0.4, 0.5) is 0 Å². The van der Waals surface area contributed by atoms with E-state index in [1.54, 1.807) is 0 Å². The van der Waals surface area contributed by atoms with Gasteiger partial charge in [0.25, 0.3) is 0 Å². The second-order valence-electron chi connectivity index (χ2n) is 5.73. The lowest BCUT2D eigenvalue weighted by Gasteiger charge is -2.10. The Balaban J connectivity index is 0.000000847. The first-order valence-corrected chi connectivity index (χ1v) is 8.18. The van der Waals surface area contributed by atoms with Crippen LogP contribution in [0.1, 0.15) is 41.8 Å². The summed E-state index contributed by atoms with van der Waals surface area (Å²) >= 11 is 0. The van der Waals surface area contributed by atoms with Crippen LogP contribution in [0.3, 0.4) is 0 Å². The van der Waals surface area contributed by atoms with Crippen molar-refractivity contribution in [3.63, 3.8) is 0 Å². The number of rotatable bonds is 2. The fourth-order valence-electron chi connectivity index (χ4n) is 2.89. The van der Waals surface area contributed by atoms with Crippen LogP contribution in [0, 0.1) is 27.7 Å². The van der Waals surface area contributed by atoms with E-state index in [1.165, 1.54) is 38.9 Å². The van der Waals surface area contributed by atoms with E-state index in [0.29, 0.717) is 0 Å². The molecule has 0 saturated heterocycles. The number of fused-ring (bicyclic) bond motifs is 1. The normalized spacial score (nSPS) is 10.5. The maximum atomic E-state index is 2.43. The van der Waals surface area contributed by atoms with Crippen LogP contribution in [0.25, 0.3) is 10.9 Å². The van der Waals surface area contributed by atoms with Crippen LogP contribution in [-0.2, 0) is 6.54 Å². The molecule has 3 rings (SSSR count). The van der Waals surface area contributed by atoms with Gasteiger partial charge in [-0.3, -0.25) is 0 Å². The number of nitrogens with zero attached hydrogens (tertiary/aromatic N) is 1. The van der Waals surface area contributed by atoms with Crippen molar-refractivity contribution in [2.24, 2.45) is 0 Å². The zero-order valence-electron chi connectivity index (χ0n) is 14.7. The molecule has 0 saturated carbocycles. The average Bonchev–Trinajstić information content (AvgIpc) is 2.78. The number of hydrogen-bond donors (Lipinski definition) is 0. The molecule has 0 aliphatic heterocycles. The lowest BCUT2D eigenvalue weighted by Crippen LogP contribution is -2.02. The first-order valence-electron chi connectivity index (χ1n) is 8.18. The summed E-state index contributed by atoms with van der Waals surface area (Å²) in [4.78, 5) is 0. The molecule has 0 aliphatic rings. The molecule has 1 aromatic heterocycles. The van der Waals surface area contributed by atoms with E-state index in [4.69, 9.17) is 0 Å². The molecular weight excluding hydrogens is 266 g/mol. The van der Waals surface area contributed by atoms with E-state index < -0.39 is 0 Å². The molecule has 3 aromatic rings. The van der Waals surface area contributed by atoms with Crippen LogP contribution in [0.2, 0.25) is 0 Å². The third kappa shape index (κ3) is 2.94. The predicted octanol–water partition coefficient (Wildman–Crippen LogP) is 5.95. The zero-order valence-corrected chi connectivity index (χ0v) is 14.7. The number of aromatic nitrogens is 1. The van der Waals surface area contributed by atoms with Gasteiger partial charge in [0.15, 0.2) is 0 Å². The molecule has 2 aromatic carbocycles. The van der Waals surface area contributed by atoms with Gasteiger partial charge in [-0.1, -0.05) is 50.2 Å². The highest BCUT2D eigenvalue weighted by Crippen LogP contribution is 2.26. The van der Waals surface area contributed by atoms with E-state index in [1.807, 2.05) is 13.8 Å². The minimum Gasteiger partial charge on any atom is -0.340 e. The summed E-state index contributed by atoms with van der Waals surface area (Å²) in [6, 6.07) is 15.4. The summed E-state index contributed by atoms with van der Waals surface area (Å²) in [6.45, 7) is 13.7. The standard InChI is InChI=1S/C19H21N.C2H6/c1-13-9-10-17(11-14(13)2)12-20-16(4)15(3)18-7-5-6-8-19(18)20;1-2/h5-11H,12H2,1-4H3;1-2H3. The number of benzene rings is 2. The molecular formula is C21H27N. The SMILES string of the molecule is CC.Cc1ccc(Cn2c(C)c(C)c3ccccc32)cc1C. The van der Waals surface area contributed by atoms with Crippen molar-refractivity contribution in [2.45, 2.75) is 48.1 Å². The van der Waals surface area contributed by atoms with Gasteiger partial charge in [-0.05, 0) is 56.0 Å². The monoisotopic (exact) mass is 293 g/mol. The summed E-state index contributed by atoms with van der Waals surface area (Å²) in [5, 5.41) is 1.37. The molecule has 1 heteroatoms. The van der Waals surface area contributed by atoms with Gasteiger partial charge < -0.3 is 4.57 Å². The summed E-state index contributed by atoms with van der Waals surface area (Å²) in [6.07, 6.45) is 0. The van der Waals surface area contributed by atoms with E-state index >= 15 is 0 Å². The molecule has 0 bridgehead atoms. The molecule has 0 aliphatic carbocycles. The molecule has 0 atom stereocenters. The molecule has 1 heterocycles. The van der Waals surface area contributed by atoms with Crippen molar-refractivity contribution in [3.05, 3.63) is 70.4 Å². The van der Waals surface area contributed by atoms with Crippen molar-refractivity contribution in [1.29, 1.82) is 0 Å². The number of aryl methyl sites for hydroxylation is 3. The van der Waals surface area contributed by atoms with Crippen molar-refractivity contribution in [2.75, 3.05) is 0 Å². The van der Waals surface area contributed by atoms with Gasteiger partial charge in [-0.25, -0.2) is 0 Å². The van der Waals surface area contributed by atoms with Gasteiger partial charge in [0.05, 0.1) is 0 Å². The average molecular weight is 293 g/mol. The Hall–Kier alpha value is -2.02. The molecule has 0 N–H and O–H groups in total. The summed E-state index contributed by atoms with van der Waals surface area (Å²) in [7, 11) is 0. The van der Waals surface area contributed by atoms with Crippen molar-refractivity contribution < 1.29 is 0 Å². The van der Waals surface area contributed by atoms with E-state index in [9.17, 15) is 0 Å². The molecule has 0 radical (unpaired) electrons. The second-order valence-corrected chi connectivity index (χ2v) is 5.73. The summed E-state index contributed by atoms with van der Waals surface area (Å²) in [5.41, 5.74) is 8.19. The van der Waals surface area contributed by atoms with Crippen LogP contribution < -0.4 is 0 Å². The van der Waals surface area contributed by atoms with Gasteiger partial charge in [-0.15, -0.1) is 0 Å². The van der Waals surface area contributed by atoms with E-state index in [-0.39, 0.29) is 0 Å². The van der Waals surface area contributed by atoms with Crippen LogP contribution >= 0.6 is 0 Å².